The van der Waals surface area contributed by atoms with Crippen LogP contribution in [0.1, 0.15) is 21.5 Å². The Bertz CT molecular complexity index is 1750. The van der Waals surface area contributed by atoms with E-state index in [2.05, 4.69) is 15.3 Å². The minimum atomic E-state index is -4.56. The third-order valence-electron chi connectivity index (χ3n) is 6.22. The molecule has 0 aliphatic carbocycles. The van der Waals surface area contributed by atoms with Crippen molar-refractivity contribution in [3.05, 3.63) is 102 Å². The average Bonchev–Trinajstić information content (AvgIpc) is 2.88. The van der Waals surface area contributed by atoms with Gasteiger partial charge in [-0.15, -0.1) is 0 Å². The largest absolute Gasteiger partial charge is 0.507 e. The quantitative estimate of drug-likeness (QED) is 0.217. The summed E-state index contributed by atoms with van der Waals surface area (Å²) < 4.78 is 53.4. The van der Waals surface area contributed by atoms with Crippen molar-refractivity contribution >= 4 is 28.4 Å². The van der Waals surface area contributed by atoms with E-state index in [1.807, 2.05) is 0 Å². The maximum absolute atomic E-state index is 14.1. The molecule has 0 saturated carbocycles. The number of alkyl halides is 3. The number of hydrogen-bond donors (Lipinski definition) is 3. The number of phenolic OH excluding ortho intramolecular Hbond substituents is 1. The zero-order valence-corrected chi connectivity index (χ0v) is 20.3. The van der Waals surface area contributed by atoms with Gasteiger partial charge >= 0.3 is 6.18 Å². The topological polar surface area (TPSA) is 101 Å². The molecule has 4 aromatic carbocycles. The molecule has 1 heterocycles. The molecule has 0 fully saturated rings. The van der Waals surface area contributed by atoms with Crippen molar-refractivity contribution in [3.63, 3.8) is 0 Å². The molecule has 1 aromatic heterocycles. The standard InChI is InChI=1S/C29H20F4N4O2/c1-15-8-9-17(27(39)36-21-7-3-5-19(13-21)29(31,32)33)11-22(15)23-12-18-14-35-28(34)37-25(18)24(26(23)38)16-4-2-6-20(30)10-16/h2-14,38H,1H3,(H,36,39)(H2,34,35,37). The van der Waals surface area contributed by atoms with E-state index in [-0.39, 0.29) is 28.5 Å². The van der Waals surface area contributed by atoms with Crippen molar-refractivity contribution in [1.29, 1.82) is 0 Å². The average molecular weight is 532 g/mol. The molecule has 0 aliphatic heterocycles. The SMILES string of the molecule is Cc1ccc(C(=O)Nc2cccc(C(F)(F)F)c2)cc1-c1cc2cnc(N)nc2c(-c2cccc(F)c2)c1O. The summed E-state index contributed by atoms with van der Waals surface area (Å²) in [6.07, 6.45) is -3.08. The lowest BCUT2D eigenvalue weighted by Gasteiger charge is -2.16. The number of nitrogens with zero attached hydrogens (tertiary/aromatic N) is 2. The van der Waals surface area contributed by atoms with Crippen molar-refractivity contribution in [1.82, 2.24) is 9.97 Å². The third kappa shape index (κ3) is 5.08. The van der Waals surface area contributed by atoms with Crippen LogP contribution in [0.5, 0.6) is 5.75 Å². The van der Waals surface area contributed by atoms with E-state index >= 15 is 0 Å². The van der Waals surface area contributed by atoms with Crippen molar-refractivity contribution in [2.75, 3.05) is 11.1 Å². The second-order valence-electron chi connectivity index (χ2n) is 8.89. The van der Waals surface area contributed by atoms with E-state index in [4.69, 9.17) is 5.73 Å². The number of nitrogens with one attached hydrogen (secondary N) is 1. The lowest BCUT2D eigenvalue weighted by molar-refractivity contribution is -0.137. The van der Waals surface area contributed by atoms with Gasteiger partial charge < -0.3 is 16.2 Å². The van der Waals surface area contributed by atoms with Crippen LogP contribution < -0.4 is 11.1 Å². The molecule has 5 aromatic rings. The van der Waals surface area contributed by atoms with E-state index < -0.39 is 23.5 Å². The molecule has 0 aliphatic rings. The highest BCUT2D eigenvalue weighted by Gasteiger charge is 2.30. The highest BCUT2D eigenvalue weighted by molar-refractivity contribution is 6.06. The smallest absolute Gasteiger partial charge is 0.416 e. The Morgan fingerprint density at radius 3 is 2.49 bits per heavy atom. The number of aromatic nitrogens is 2. The van der Waals surface area contributed by atoms with Gasteiger partial charge in [-0.2, -0.15) is 13.2 Å². The molecule has 39 heavy (non-hydrogen) atoms. The van der Waals surface area contributed by atoms with Crippen LogP contribution >= 0.6 is 0 Å². The third-order valence-corrected chi connectivity index (χ3v) is 6.22. The predicted octanol–water partition coefficient (Wildman–Crippen LogP) is 6.97. The molecule has 0 saturated heterocycles. The van der Waals surface area contributed by atoms with Gasteiger partial charge in [0.15, 0.2) is 0 Å². The molecule has 196 valence electrons. The number of aryl methyl sites for hydroxylation is 1. The van der Waals surface area contributed by atoms with E-state index in [0.717, 1.165) is 12.1 Å². The van der Waals surface area contributed by atoms with Crippen LogP contribution in [0.4, 0.5) is 29.2 Å². The maximum atomic E-state index is 14.1. The number of benzene rings is 4. The van der Waals surface area contributed by atoms with Crippen molar-refractivity contribution < 1.29 is 27.5 Å². The molecule has 4 N–H and O–H groups in total. The molecule has 10 heteroatoms. The van der Waals surface area contributed by atoms with Crippen LogP contribution in [-0.2, 0) is 6.18 Å². The molecule has 0 spiro atoms. The Morgan fingerprint density at radius 1 is 0.974 bits per heavy atom. The van der Waals surface area contributed by atoms with E-state index in [9.17, 15) is 27.5 Å². The molecule has 1 amide bonds. The monoisotopic (exact) mass is 532 g/mol. The van der Waals surface area contributed by atoms with Gasteiger partial charge in [-0.1, -0.05) is 24.3 Å². The van der Waals surface area contributed by atoms with Crippen molar-refractivity contribution in [2.24, 2.45) is 0 Å². The van der Waals surface area contributed by atoms with Crippen LogP contribution in [0.2, 0.25) is 0 Å². The fourth-order valence-electron chi connectivity index (χ4n) is 4.33. The van der Waals surface area contributed by atoms with Gasteiger partial charge in [0.05, 0.1) is 16.6 Å². The second kappa shape index (κ2) is 9.71. The van der Waals surface area contributed by atoms with Crippen molar-refractivity contribution in [2.45, 2.75) is 13.1 Å². The number of fused-ring (bicyclic) bond motifs is 1. The Morgan fingerprint density at radius 2 is 1.74 bits per heavy atom. The Labute approximate surface area is 219 Å². The van der Waals surface area contributed by atoms with Crippen LogP contribution in [0, 0.1) is 12.7 Å². The number of amides is 1. The number of rotatable bonds is 4. The highest BCUT2D eigenvalue weighted by Crippen LogP contribution is 2.44. The summed E-state index contributed by atoms with van der Waals surface area (Å²) in [5.74, 6) is -1.41. The van der Waals surface area contributed by atoms with E-state index in [1.54, 1.807) is 25.1 Å². The van der Waals surface area contributed by atoms with E-state index in [0.29, 0.717) is 33.2 Å². The first-order chi connectivity index (χ1) is 18.5. The van der Waals surface area contributed by atoms with Gasteiger partial charge in [-0.25, -0.2) is 14.4 Å². The summed E-state index contributed by atoms with van der Waals surface area (Å²) >= 11 is 0. The van der Waals surface area contributed by atoms with Crippen LogP contribution in [0.15, 0.2) is 79.0 Å². The number of nitrogens with two attached hydrogens (primary N) is 1. The molecule has 0 atom stereocenters. The first-order valence-corrected chi connectivity index (χ1v) is 11.6. The molecule has 5 rings (SSSR count). The predicted molar refractivity (Wildman–Crippen MR) is 141 cm³/mol. The van der Waals surface area contributed by atoms with Gasteiger partial charge in [-0.3, -0.25) is 4.79 Å². The number of aromatic hydroxyl groups is 1. The van der Waals surface area contributed by atoms with Crippen LogP contribution in [-0.4, -0.2) is 21.0 Å². The second-order valence-corrected chi connectivity index (χ2v) is 8.89. The summed E-state index contributed by atoms with van der Waals surface area (Å²) in [6.45, 7) is 1.77. The van der Waals surface area contributed by atoms with Gasteiger partial charge in [-0.05, 0) is 72.1 Å². The molecule has 6 nitrogen and oxygen atoms in total. The minimum absolute atomic E-state index is 0.0198. The van der Waals surface area contributed by atoms with Crippen LogP contribution in [0.3, 0.4) is 0 Å². The fraction of sp³-hybridized carbons (Fsp3) is 0.0690. The zero-order valence-electron chi connectivity index (χ0n) is 20.3. The summed E-state index contributed by atoms with van der Waals surface area (Å²) in [5, 5.41) is 14.4. The molecule has 0 bridgehead atoms. The number of carbonyl (C=O) groups excluding carboxylic acids is 1. The Kier molecular flexibility index (Phi) is 6.39. The fourth-order valence-corrected chi connectivity index (χ4v) is 4.33. The number of carbonyl (C=O) groups is 1. The molecule has 0 unspecified atom stereocenters. The van der Waals surface area contributed by atoms with E-state index in [1.165, 1.54) is 48.7 Å². The summed E-state index contributed by atoms with van der Waals surface area (Å²) in [5.41, 5.74) is 7.41. The van der Waals surface area contributed by atoms with Crippen LogP contribution in [0.25, 0.3) is 33.2 Å². The minimum Gasteiger partial charge on any atom is -0.507 e. The highest BCUT2D eigenvalue weighted by atomic mass is 19.4. The lowest BCUT2D eigenvalue weighted by atomic mass is 9.91. The van der Waals surface area contributed by atoms with Gasteiger partial charge in [0.1, 0.15) is 11.6 Å². The van der Waals surface area contributed by atoms with Gasteiger partial charge in [0, 0.05) is 28.4 Å². The number of nitrogen functional groups attached to an aromatic ring is 1. The van der Waals surface area contributed by atoms with Crippen molar-refractivity contribution in [3.8, 4) is 28.0 Å². The number of hydrogen-bond acceptors (Lipinski definition) is 5. The summed E-state index contributed by atoms with van der Waals surface area (Å²) in [6, 6.07) is 16.3. The number of anilines is 2. The zero-order chi connectivity index (χ0) is 27.9. The number of phenols is 1. The first kappa shape index (κ1) is 25.7. The van der Waals surface area contributed by atoms with Gasteiger partial charge in [0.2, 0.25) is 5.95 Å². The Balaban J connectivity index is 1.62. The molecular formula is C29H20F4N4O2. The lowest BCUT2D eigenvalue weighted by Crippen LogP contribution is -2.13. The Hall–Kier alpha value is -4.99. The number of halogens is 4. The molecular weight excluding hydrogens is 512 g/mol. The maximum Gasteiger partial charge on any atom is 0.416 e. The summed E-state index contributed by atoms with van der Waals surface area (Å²) in [4.78, 5) is 21.3. The van der Waals surface area contributed by atoms with Gasteiger partial charge in [0.25, 0.3) is 5.91 Å². The normalized spacial score (nSPS) is 11.5. The first-order valence-electron chi connectivity index (χ1n) is 11.6. The molecule has 0 radical (unpaired) electrons. The summed E-state index contributed by atoms with van der Waals surface area (Å²) in [7, 11) is 0.